The first-order valence-electron chi connectivity index (χ1n) is 9.31. The predicted octanol–water partition coefficient (Wildman–Crippen LogP) is 3.68. The largest absolute Gasteiger partial charge is 0.507 e. The van der Waals surface area contributed by atoms with Crippen LogP contribution in [0.1, 0.15) is 28.4 Å². The Hall–Kier alpha value is -3.34. The molecule has 1 aliphatic rings. The molecule has 1 aliphatic heterocycles. The Morgan fingerprint density at radius 2 is 1.64 bits per heavy atom. The topological polar surface area (TPSA) is 66.8 Å². The zero-order chi connectivity index (χ0) is 19.7. The molecule has 0 spiro atoms. The number of phenols is 1. The molecule has 5 nitrogen and oxygen atoms in total. The minimum absolute atomic E-state index is 0.0577. The molecule has 0 aliphatic carbocycles. The van der Waals surface area contributed by atoms with Crippen molar-refractivity contribution in [2.24, 2.45) is 0 Å². The number of rotatable bonds is 3. The van der Waals surface area contributed by atoms with E-state index in [0.717, 1.165) is 22.8 Å². The van der Waals surface area contributed by atoms with Gasteiger partial charge in [0.1, 0.15) is 11.3 Å². The zero-order valence-corrected chi connectivity index (χ0v) is 15.6. The smallest absolute Gasteiger partial charge is 0.342 e. The number of carbonyl (C=O) groups is 2. The molecule has 4 rings (SSSR count). The van der Waals surface area contributed by atoms with Gasteiger partial charge in [-0.05, 0) is 47.4 Å². The number of phenolic OH excluding ortho intramolecular Hbond substituents is 1. The summed E-state index contributed by atoms with van der Waals surface area (Å²) in [4.78, 5) is 27.0. The SMILES string of the molecule is C[C@H](OC(=O)c1cc2ccccc2cc1O)C(=O)N1CCc2ccccc2C1. The van der Waals surface area contributed by atoms with Crippen LogP contribution in [0.4, 0.5) is 0 Å². The van der Waals surface area contributed by atoms with Crippen LogP contribution in [-0.4, -0.2) is 34.5 Å². The van der Waals surface area contributed by atoms with Gasteiger partial charge in [0.2, 0.25) is 0 Å². The molecule has 1 amide bonds. The predicted molar refractivity (Wildman–Crippen MR) is 106 cm³/mol. The minimum Gasteiger partial charge on any atom is -0.507 e. The molecule has 1 atom stereocenters. The first kappa shape index (κ1) is 18.0. The van der Waals surface area contributed by atoms with Crippen molar-refractivity contribution in [3.05, 3.63) is 77.4 Å². The van der Waals surface area contributed by atoms with Gasteiger partial charge in [-0.2, -0.15) is 0 Å². The average molecular weight is 375 g/mol. The number of benzene rings is 3. The van der Waals surface area contributed by atoms with Crippen LogP contribution in [0.3, 0.4) is 0 Å². The number of carbonyl (C=O) groups excluding carboxylic acids is 2. The van der Waals surface area contributed by atoms with Crippen LogP contribution in [0.5, 0.6) is 5.75 Å². The molecule has 0 radical (unpaired) electrons. The molecule has 5 heteroatoms. The van der Waals surface area contributed by atoms with E-state index in [1.165, 1.54) is 11.6 Å². The summed E-state index contributed by atoms with van der Waals surface area (Å²) in [6, 6.07) is 18.6. The van der Waals surface area contributed by atoms with Gasteiger partial charge in [0.25, 0.3) is 5.91 Å². The lowest BCUT2D eigenvalue weighted by atomic mass is 9.99. The van der Waals surface area contributed by atoms with Crippen molar-refractivity contribution in [1.82, 2.24) is 4.90 Å². The van der Waals surface area contributed by atoms with Gasteiger partial charge in [-0.3, -0.25) is 4.79 Å². The van der Waals surface area contributed by atoms with Crippen LogP contribution in [0.25, 0.3) is 10.8 Å². The maximum absolute atomic E-state index is 12.8. The molecule has 1 heterocycles. The van der Waals surface area contributed by atoms with Crippen molar-refractivity contribution in [3.8, 4) is 5.75 Å². The van der Waals surface area contributed by atoms with Gasteiger partial charge in [0.05, 0.1) is 0 Å². The van der Waals surface area contributed by atoms with Crippen molar-refractivity contribution in [2.45, 2.75) is 26.0 Å². The highest BCUT2D eigenvalue weighted by atomic mass is 16.5. The summed E-state index contributed by atoms with van der Waals surface area (Å²) in [5.41, 5.74) is 2.42. The molecule has 1 N–H and O–H groups in total. The van der Waals surface area contributed by atoms with Crippen LogP contribution >= 0.6 is 0 Å². The Kier molecular flexibility index (Phi) is 4.74. The molecule has 0 saturated heterocycles. The highest BCUT2D eigenvalue weighted by Gasteiger charge is 2.28. The number of esters is 1. The lowest BCUT2D eigenvalue weighted by Crippen LogP contribution is -2.42. The van der Waals surface area contributed by atoms with E-state index in [2.05, 4.69) is 6.07 Å². The van der Waals surface area contributed by atoms with E-state index >= 15 is 0 Å². The number of ether oxygens (including phenoxy) is 1. The Labute approximate surface area is 163 Å². The lowest BCUT2D eigenvalue weighted by molar-refractivity contribution is -0.140. The fraction of sp³-hybridized carbons (Fsp3) is 0.217. The van der Waals surface area contributed by atoms with Gasteiger partial charge in [-0.15, -0.1) is 0 Å². The maximum atomic E-state index is 12.8. The highest BCUT2D eigenvalue weighted by Crippen LogP contribution is 2.26. The number of aromatic hydroxyl groups is 1. The Morgan fingerprint density at radius 1 is 1.00 bits per heavy atom. The molecule has 0 unspecified atom stereocenters. The number of hydrogen-bond donors (Lipinski definition) is 1. The van der Waals surface area contributed by atoms with Crippen LogP contribution in [0.2, 0.25) is 0 Å². The van der Waals surface area contributed by atoms with Gasteiger partial charge in [-0.25, -0.2) is 4.79 Å². The summed E-state index contributed by atoms with van der Waals surface area (Å²) in [6.45, 7) is 2.68. The second-order valence-electron chi connectivity index (χ2n) is 7.04. The van der Waals surface area contributed by atoms with Crippen LogP contribution in [0.15, 0.2) is 60.7 Å². The standard InChI is InChI=1S/C23H21NO4/c1-15(22(26)24-11-10-16-6-2-5-9-19(16)14-24)28-23(27)20-12-17-7-3-4-8-18(17)13-21(20)25/h2-9,12-13,15,25H,10-11,14H2,1H3/t15-/m0/s1. The Morgan fingerprint density at radius 3 is 2.39 bits per heavy atom. The number of fused-ring (bicyclic) bond motifs is 2. The van der Waals surface area contributed by atoms with Crippen molar-refractivity contribution in [1.29, 1.82) is 0 Å². The molecule has 0 bridgehead atoms. The van der Waals surface area contributed by atoms with Gasteiger partial charge in [0.15, 0.2) is 6.10 Å². The molecule has 3 aromatic carbocycles. The quantitative estimate of drug-likeness (QED) is 0.709. The van der Waals surface area contributed by atoms with Crippen LogP contribution < -0.4 is 0 Å². The van der Waals surface area contributed by atoms with E-state index in [1.807, 2.05) is 42.5 Å². The lowest BCUT2D eigenvalue weighted by Gasteiger charge is -2.30. The van der Waals surface area contributed by atoms with E-state index in [1.54, 1.807) is 17.9 Å². The Bertz CT molecular complexity index is 1060. The van der Waals surface area contributed by atoms with Crippen LogP contribution in [-0.2, 0) is 22.5 Å². The van der Waals surface area contributed by atoms with E-state index < -0.39 is 12.1 Å². The molecule has 0 aromatic heterocycles. The number of amides is 1. The van der Waals surface area contributed by atoms with Gasteiger partial charge >= 0.3 is 5.97 Å². The summed E-state index contributed by atoms with van der Waals surface area (Å²) < 4.78 is 5.38. The van der Waals surface area contributed by atoms with Crippen LogP contribution in [0, 0.1) is 0 Å². The van der Waals surface area contributed by atoms with E-state index in [-0.39, 0.29) is 17.2 Å². The first-order valence-corrected chi connectivity index (χ1v) is 9.31. The fourth-order valence-electron chi connectivity index (χ4n) is 3.61. The summed E-state index contributed by atoms with van der Waals surface area (Å²) in [6.07, 6.45) is -0.141. The third-order valence-corrected chi connectivity index (χ3v) is 5.16. The minimum atomic E-state index is -0.927. The second kappa shape index (κ2) is 7.35. The van der Waals surface area contributed by atoms with E-state index in [4.69, 9.17) is 4.74 Å². The van der Waals surface area contributed by atoms with E-state index in [9.17, 15) is 14.7 Å². The summed E-state index contributed by atoms with van der Waals surface area (Å²) in [5, 5.41) is 11.8. The molecule has 3 aromatic rings. The number of hydrogen-bond acceptors (Lipinski definition) is 4. The highest BCUT2D eigenvalue weighted by molar-refractivity contribution is 5.99. The molecular formula is C23H21NO4. The van der Waals surface area contributed by atoms with E-state index in [0.29, 0.717) is 13.1 Å². The molecule has 0 saturated carbocycles. The fourth-order valence-corrected chi connectivity index (χ4v) is 3.61. The third-order valence-electron chi connectivity index (χ3n) is 5.16. The van der Waals surface area contributed by atoms with Crippen molar-refractivity contribution >= 4 is 22.6 Å². The number of nitrogens with zero attached hydrogens (tertiary/aromatic N) is 1. The zero-order valence-electron chi connectivity index (χ0n) is 15.6. The normalized spacial score (nSPS) is 14.4. The van der Waals surface area contributed by atoms with Crippen molar-refractivity contribution in [2.75, 3.05) is 6.54 Å². The Balaban J connectivity index is 1.47. The van der Waals surface area contributed by atoms with Crippen molar-refractivity contribution < 1.29 is 19.4 Å². The van der Waals surface area contributed by atoms with Gasteiger partial charge in [-0.1, -0.05) is 48.5 Å². The monoisotopic (exact) mass is 375 g/mol. The first-order chi connectivity index (χ1) is 13.5. The summed E-state index contributed by atoms with van der Waals surface area (Å²) >= 11 is 0. The summed E-state index contributed by atoms with van der Waals surface area (Å²) in [7, 11) is 0. The molecule has 0 fully saturated rings. The molecular weight excluding hydrogens is 354 g/mol. The second-order valence-corrected chi connectivity index (χ2v) is 7.04. The van der Waals surface area contributed by atoms with Crippen molar-refractivity contribution in [3.63, 3.8) is 0 Å². The maximum Gasteiger partial charge on any atom is 0.342 e. The molecule has 142 valence electrons. The molecule has 28 heavy (non-hydrogen) atoms. The summed E-state index contributed by atoms with van der Waals surface area (Å²) in [5.74, 6) is -1.10. The average Bonchev–Trinajstić information content (AvgIpc) is 2.72. The van der Waals surface area contributed by atoms with Gasteiger partial charge < -0.3 is 14.7 Å². The third kappa shape index (κ3) is 3.43. The van der Waals surface area contributed by atoms with Gasteiger partial charge in [0, 0.05) is 13.1 Å².